The monoisotopic (exact) mass is 255 g/mol. The standard InChI is InChI=1S/C12H11F2NO3/c1-17-12(16)8-2-3-11(9(4-8)7-15)18-10(5-13)6-14/h2-4,10H,5-6H2,1H3. The van der Waals surface area contributed by atoms with Crippen molar-refractivity contribution in [3.63, 3.8) is 0 Å². The molecule has 0 unspecified atom stereocenters. The Morgan fingerprint density at radius 1 is 1.44 bits per heavy atom. The molecule has 0 spiro atoms. The van der Waals surface area contributed by atoms with E-state index < -0.39 is 25.4 Å². The van der Waals surface area contributed by atoms with Crippen molar-refractivity contribution in [1.29, 1.82) is 5.26 Å². The Bertz CT molecular complexity index is 467. The Hall–Kier alpha value is -2.16. The van der Waals surface area contributed by atoms with Crippen LogP contribution >= 0.6 is 0 Å². The normalized spacial score (nSPS) is 9.94. The minimum Gasteiger partial charge on any atom is -0.484 e. The zero-order valence-corrected chi connectivity index (χ0v) is 9.65. The van der Waals surface area contributed by atoms with E-state index in [0.29, 0.717) is 0 Å². The van der Waals surface area contributed by atoms with Gasteiger partial charge in [0.05, 0.1) is 18.2 Å². The molecular formula is C12H11F2NO3. The molecule has 0 aliphatic carbocycles. The van der Waals surface area contributed by atoms with E-state index >= 15 is 0 Å². The summed E-state index contributed by atoms with van der Waals surface area (Å²) in [5, 5.41) is 8.89. The van der Waals surface area contributed by atoms with Crippen LogP contribution in [-0.2, 0) is 4.74 Å². The van der Waals surface area contributed by atoms with E-state index in [-0.39, 0.29) is 16.9 Å². The van der Waals surface area contributed by atoms with Gasteiger partial charge >= 0.3 is 5.97 Å². The zero-order valence-electron chi connectivity index (χ0n) is 9.65. The Balaban J connectivity index is 3.01. The summed E-state index contributed by atoms with van der Waals surface area (Å²) in [7, 11) is 1.21. The molecule has 0 fully saturated rings. The van der Waals surface area contributed by atoms with Crippen molar-refractivity contribution < 1.29 is 23.0 Å². The highest BCUT2D eigenvalue weighted by atomic mass is 19.1. The van der Waals surface area contributed by atoms with Crippen LogP contribution in [0.4, 0.5) is 8.78 Å². The van der Waals surface area contributed by atoms with E-state index in [9.17, 15) is 13.6 Å². The molecule has 0 saturated carbocycles. The number of esters is 1. The average Bonchev–Trinajstić information content (AvgIpc) is 2.43. The van der Waals surface area contributed by atoms with Gasteiger partial charge in [-0.2, -0.15) is 5.26 Å². The van der Waals surface area contributed by atoms with E-state index in [1.807, 2.05) is 0 Å². The summed E-state index contributed by atoms with van der Waals surface area (Å²) in [6.07, 6.45) is -1.25. The number of hydrogen-bond acceptors (Lipinski definition) is 4. The molecule has 96 valence electrons. The number of methoxy groups -OCH3 is 1. The molecule has 0 radical (unpaired) electrons. The number of benzene rings is 1. The Kier molecular flexibility index (Phi) is 5.06. The molecule has 0 aliphatic heterocycles. The van der Waals surface area contributed by atoms with Crippen molar-refractivity contribution in [1.82, 2.24) is 0 Å². The van der Waals surface area contributed by atoms with Gasteiger partial charge in [0, 0.05) is 0 Å². The molecule has 4 nitrogen and oxygen atoms in total. The van der Waals surface area contributed by atoms with Crippen molar-refractivity contribution in [2.75, 3.05) is 20.5 Å². The van der Waals surface area contributed by atoms with Gasteiger partial charge < -0.3 is 9.47 Å². The third kappa shape index (κ3) is 3.17. The summed E-state index contributed by atoms with van der Waals surface area (Å²) in [5.74, 6) is -0.573. The molecule has 18 heavy (non-hydrogen) atoms. The first-order chi connectivity index (χ1) is 8.65. The lowest BCUT2D eigenvalue weighted by Gasteiger charge is -2.14. The number of carbonyl (C=O) groups is 1. The summed E-state index contributed by atoms with van der Waals surface area (Å²) < 4.78 is 34.1. The van der Waals surface area contributed by atoms with E-state index in [2.05, 4.69) is 4.74 Å². The van der Waals surface area contributed by atoms with Crippen LogP contribution in [-0.4, -0.2) is 32.5 Å². The van der Waals surface area contributed by atoms with Gasteiger partial charge in [-0.3, -0.25) is 0 Å². The smallest absolute Gasteiger partial charge is 0.337 e. The topological polar surface area (TPSA) is 59.3 Å². The van der Waals surface area contributed by atoms with Crippen LogP contribution in [0.15, 0.2) is 18.2 Å². The lowest BCUT2D eigenvalue weighted by Crippen LogP contribution is -2.21. The van der Waals surface area contributed by atoms with Crippen molar-refractivity contribution in [3.8, 4) is 11.8 Å². The molecule has 0 aromatic heterocycles. The zero-order chi connectivity index (χ0) is 13.5. The molecule has 0 amide bonds. The predicted molar refractivity (Wildman–Crippen MR) is 58.9 cm³/mol. The minimum atomic E-state index is -1.25. The molecule has 1 aromatic rings. The van der Waals surface area contributed by atoms with E-state index in [1.54, 1.807) is 6.07 Å². The highest BCUT2D eigenvalue weighted by molar-refractivity contribution is 5.90. The van der Waals surface area contributed by atoms with Crippen molar-refractivity contribution in [2.45, 2.75) is 6.10 Å². The Morgan fingerprint density at radius 3 is 2.61 bits per heavy atom. The number of carbonyl (C=O) groups excluding carboxylic acids is 1. The van der Waals surface area contributed by atoms with Crippen LogP contribution in [0, 0.1) is 11.3 Å². The van der Waals surface area contributed by atoms with E-state index in [1.165, 1.54) is 25.3 Å². The summed E-state index contributed by atoms with van der Waals surface area (Å²) >= 11 is 0. The third-order valence-electron chi connectivity index (χ3n) is 2.16. The second-order valence-corrected chi connectivity index (χ2v) is 3.36. The van der Waals surface area contributed by atoms with E-state index in [0.717, 1.165) is 0 Å². The summed E-state index contributed by atoms with van der Waals surface area (Å²) in [6.45, 7) is -2.00. The van der Waals surface area contributed by atoms with Crippen LogP contribution in [0.1, 0.15) is 15.9 Å². The quantitative estimate of drug-likeness (QED) is 0.755. The predicted octanol–water partition coefficient (Wildman–Crippen LogP) is 2.03. The van der Waals surface area contributed by atoms with Gasteiger partial charge in [-0.1, -0.05) is 0 Å². The highest BCUT2D eigenvalue weighted by Gasteiger charge is 2.15. The van der Waals surface area contributed by atoms with Crippen LogP contribution in [0.5, 0.6) is 5.75 Å². The maximum Gasteiger partial charge on any atom is 0.337 e. The van der Waals surface area contributed by atoms with Gasteiger partial charge in [0.25, 0.3) is 0 Å². The minimum absolute atomic E-state index is 0.0183. The molecule has 6 heteroatoms. The summed E-state index contributed by atoms with van der Waals surface area (Å²) in [5.41, 5.74) is 0.184. The molecule has 0 saturated heterocycles. The highest BCUT2D eigenvalue weighted by Crippen LogP contribution is 2.21. The Morgan fingerprint density at radius 2 is 2.11 bits per heavy atom. The molecule has 0 heterocycles. The van der Waals surface area contributed by atoms with Crippen molar-refractivity contribution >= 4 is 5.97 Å². The maximum absolute atomic E-state index is 12.3. The Labute approximate surface area is 103 Å². The average molecular weight is 255 g/mol. The van der Waals surface area contributed by atoms with Gasteiger partial charge in [0.2, 0.25) is 0 Å². The van der Waals surface area contributed by atoms with E-state index in [4.69, 9.17) is 10.00 Å². The van der Waals surface area contributed by atoms with Gasteiger partial charge in [0.1, 0.15) is 25.2 Å². The molecule has 1 aromatic carbocycles. The molecule has 0 atom stereocenters. The number of alkyl halides is 2. The van der Waals surface area contributed by atoms with Crippen LogP contribution in [0.25, 0.3) is 0 Å². The SMILES string of the molecule is COC(=O)c1ccc(OC(CF)CF)c(C#N)c1. The number of rotatable bonds is 5. The van der Waals surface area contributed by atoms with Crippen molar-refractivity contribution in [3.05, 3.63) is 29.3 Å². The fourth-order valence-corrected chi connectivity index (χ4v) is 1.25. The van der Waals surface area contributed by atoms with Gasteiger partial charge in [-0.05, 0) is 18.2 Å². The second-order valence-electron chi connectivity index (χ2n) is 3.36. The first kappa shape index (κ1) is 13.9. The lowest BCUT2D eigenvalue weighted by molar-refractivity contribution is 0.0600. The summed E-state index contributed by atoms with van der Waals surface area (Å²) in [6, 6.07) is 5.70. The fraction of sp³-hybridized carbons (Fsp3) is 0.333. The number of nitriles is 1. The fourth-order valence-electron chi connectivity index (χ4n) is 1.25. The first-order valence-electron chi connectivity index (χ1n) is 5.07. The van der Waals surface area contributed by atoms with Gasteiger partial charge in [-0.25, -0.2) is 13.6 Å². The maximum atomic E-state index is 12.3. The van der Waals surface area contributed by atoms with Gasteiger partial charge in [0.15, 0.2) is 6.10 Å². The molecule has 0 N–H and O–H groups in total. The van der Waals surface area contributed by atoms with Crippen molar-refractivity contribution in [2.24, 2.45) is 0 Å². The number of ether oxygens (including phenoxy) is 2. The number of hydrogen-bond donors (Lipinski definition) is 0. The van der Waals surface area contributed by atoms with Gasteiger partial charge in [-0.15, -0.1) is 0 Å². The molecule has 0 bridgehead atoms. The third-order valence-corrected chi connectivity index (χ3v) is 2.16. The largest absolute Gasteiger partial charge is 0.484 e. The summed E-state index contributed by atoms with van der Waals surface area (Å²) in [4.78, 5) is 11.2. The van der Waals surface area contributed by atoms with Crippen LogP contribution < -0.4 is 4.74 Å². The lowest BCUT2D eigenvalue weighted by atomic mass is 10.1. The number of halogens is 2. The van der Waals surface area contributed by atoms with Crippen LogP contribution in [0.2, 0.25) is 0 Å². The van der Waals surface area contributed by atoms with Crippen LogP contribution in [0.3, 0.4) is 0 Å². The number of nitrogens with zero attached hydrogens (tertiary/aromatic N) is 1. The molecule has 1 rings (SSSR count). The first-order valence-corrected chi connectivity index (χ1v) is 5.07. The second kappa shape index (κ2) is 6.55. The molecule has 0 aliphatic rings. The molecular weight excluding hydrogens is 244 g/mol.